The zero-order chi connectivity index (χ0) is 15.0. The Morgan fingerprint density at radius 3 is 2.30 bits per heavy atom. The van der Waals surface area contributed by atoms with E-state index in [9.17, 15) is 0 Å². The number of benzene rings is 1. The van der Waals surface area contributed by atoms with E-state index in [4.69, 9.17) is 11.6 Å². The van der Waals surface area contributed by atoms with Crippen molar-refractivity contribution >= 4 is 11.6 Å². The van der Waals surface area contributed by atoms with Gasteiger partial charge in [0.05, 0.1) is 0 Å². The van der Waals surface area contributed by atoms with E-state index >= 15 is 0 Å². The number of nitrogens with one attached hydrogen (secondary N) is 1. The van der Waals surface area contributed by atoms with E-state index in [-0.39, 0.29) is 0 Å². The van der Waals surface area contributed by atoms with Gasteiger partial charge in [-0.05, 0) is 50.1 Å². The Morgan fingerprint density at radius 2 is 1.65 bits per heavy atom. The first-order valence-electron chi connectivity index (χ1n) is 8.04. The van der Waals surface area contributed by atoms with Crippen molar-refractivity contribution in [3.63, 3.8) is 0 Å². The first kappa shape index (κ1) is 17.5. The van der Waals surface area contributed by atoms with Crippen molar-refractivity contribution in [3.8, 4) is 0 Å². The molecule has 1 N–H and O–H groups in total. The molecule has 0 aliphatic rings. The van der Waals surface area contributed by atoms with Crippen molar-refractivity contribution in [2.24, 2.45) is 0 Å². The molecule has 2 heteroatoms. The minimum absolute atomic E-state index is 0.456. The first-order chi connectivity index (χ1) is 9.60. The molecule has 0 heterocycles. The summed E-state index contributed by atoms with van der Waals surface area (Å²) in [5.41, 5.74) is 3.88. The van der Waals surface area contributed by atoms with Crippen LogP contribution in [0.4, 0.5) is 0 Å². The summed E-state index contributed by atoms with van der Waals surface area (Å²) in [7, 11) is 2.06. The van der Waals surface area contributed by atoms with Crippen LogP contribution in [-0.4, -0.2) is 7.05 Å². The van der Waals surface area contributed by atoms with Crippen LogP contribution in [0.2, 0.25) is 5.02 Å². The zero-order valence-electron chi connectivity index (χ0n) is 13.6. The highest BCUT2D eigenvalue weighted by molar-refractivity contribution is 6.31. The smallest absolute Gasteiger partial charge is 0.0438 e. The molecule has 0 aromatic heterocycles. The molecule has 0 amide bonds. The molecule has 0 saturated carbocycles. The number of halogens is 1. The molecule has 1 nitrogen and oxygen atoms in total. The van der Waals surface area contributed by atoms with E-state index in [0.717, 1.165) is 5.02 Å². The molecule has 0 saturated heterocycles. The molecule has 0 fully saturated rings. The number of hydrogen-bond donors (Lipinski definition) is 1. The maximum absolute atomic E-state index is 6.19. The predicted octanol–water partition coefficient (Wildman–Crippen LogP) is 5.97. The Labute approximate surface area is 130 Å². The monoisotopic (exact) mass is 295 g/mol. The fraction of sp³-hybridized carbons (Fsp3) is 0.667. The van der Waals surface area contributed by atoms with Gasteiger partial charge in [-0.3, -0.25) is 0 Å². The Kier molecular flexibility index (Phi) is 8.25. The second-order valence-electron chi connectivity index (χ2n) is 5.86. The summed E-state index contributed by atoms with van der Waals surface area (Å²) in [6, 6.07) is 4.80. The summed E-state index contributed by atoms with van der Waals surface area (Å²) >= 11 is 6.19. The lowest BCUT2D eigenvalue weighted by atomic mass is 9.94. The SMILES string of the molecule is CCCCCCCCC(NC)c1cc(C)c(Cl)cc1C. The Bertz CT molecular complexity index is 401. The third kappa shape index (κ3) is 5.46. The van der Waals surface area contributed by atoms with Gasteiger partial charge in [0.15, 0.2) is 0 Å². The minimum atomic E-state index is 0.456. The highest BCUT2D eigenvalue weighted by Gasteiger charge is 2.13. The van der Waals surface area contributed by atoms with Gasteiger partial charge >= 0.3 is 0 Å². The van der Waals surface area contributed by atoms with Crippen LogP contribution >= 0.6 is 11.6 Å². The molecule has 0 bridgehead atoms. The Balaban J connectivity index is 2.52. The summed E-state index contributed by atoms with van der Waals surface area (Å²) in [4.78, 5) is 0. The van der Waals surface area contributed by atoms with Crippen LogP contribution in [-0.2, 0) is 0 Å². The molecule has 114 valence electrons. The van der Waals surface area contributed by atoms with Crippen LogP contribution in [0.25, 0.3) is 0 Å². The number of rotatable bonds is 9. The van der Waals surface area contributed by atoms with Crippen molar-refractivity contribution in [3.05, 3.63) is 33.8 Å². The van der Waals surface area contributed by atoms with Gasteiger partial charge in [-0.15, -0.1) is 0 Å². The summed E-state index contributed by atoms with van der Waals surface area (Å²) in [5.74, 6) is 0. The van der Waals surface area contributed by atoms with Gasteiger partial charge in [-0.2, -0.15) is 0 Å². The van der Waals surface area contributed by atoms with E-state index in [1.54, 1.807) is 0 Å². The number of hydrogen-bond acceptors (Lipinski definition) is 1. The highest BCUT2D eigenvalue weighted by Crippen LogP contribution is 2.28. The second kappa shape index (κ2) is 9.41. The molecule has 1 unspecified atom stereocenters. The molecule has 1 atom stereocenters. The van der Waals surface area contributed by atoms with Crippen molar-refractivity contribution in [2.75, 3.05) is 7.05 Å². The summed E-state index contributed by atoms with van der Waals surface area (Å²) < 4.78 is 0. The molecular formula is C18H30ClN. The molecule has 1 aromatic rings. The standard InChI is InChI=1S/C18H30ClN/c1-5-6-7-8-9-10-11-18(20-4)16-12-15(3)17(19)13-14(16)2/h12-13,18,20H,5-11H2,1-4H3. The van der Waals surface area contributed by atoms with Gasteiger partial charge in [0, 0.05) is 11.1 Å². The summed E-state index contributed by atoms with van der Waals surface area (Å²) in [5, 5.41) is 4.34. The molecule has 0 aliphatic carbocycles. The Hall–Kier alpha value is -0.530. The van der Waals surface area contributed by atoms with Gasteiger partial charge < -0.3 is 5.32 Å². The molecule has 0 radical (unpaired) electrons. The van der Waals surface area contributed by atoms with E-state index in [1.807, 2.05) is 0 Å². The van der Waals surface area contributed by atoms with E-state index in [0.29, 0.717) is 6.04 Å². The van der Waals surface area contributed by atoms with Crippen LogP contribution in [0.15, 0.2) is 12.1 Å². The van der Waals surface area contributed by atoms with E-state index in [1.165, 1.54) is 61.6 Å². The van der Waals surface area contributed by atoms with E-state index in [2.05, 4.69) is 45.3 Å². The van der Waals surface area contributed by atoms with Crippen molar-refractivity contribution in [2.45, 2.75) is 71.8 Å². The molecule has 0 spiro atoms. The third-order valence-electron chi connectivity index (χ3n) is 4.12. The van der Waals surface area contributed by atoms with Crippen LogP contribution < -0.4 is 5.32 Å². The average molecular weight is 296 g/mol. The van der Waals surface area contributed by atoms with Crippen molar-refractivity contribution < 1.29 is 0 Å². The van der Waals surface area contributed by atoms with Gasteiger partial charge in [0.1, 0.15) is 0 Å². The number of unbranched alkanes of at least 4 members (excludes halogenated alkanes) is 5. The summed E-state index contributed by atoms with van der Waals surface area (Å²) in [6.07, 6.45) is 9.33. The Morgan fingerprint density at radius 1 is 1.00 bits per heavy atom. The average Bonchev–Trinajstić information content (AvgIpc) is 2.43. The number of aryl methyl sites for hydroxylation is 2. The highest BCUT2D eigenvalue weighted by atomic mass is 35.5. The van der Waals surface area contributed by atoms with Crippen LogP contribution in [0.1, 0.15) is 74.6 Å². The van der Waals surface area contributed by atoms with Gasteiger partial charge in [0.2, 0.25) is 0 Å². The molecule has 1 rings (SSSR count). The van der Waals surface area contributed by atoms with E-state index < -0.39 is 0 Å². The maximum Gasteiger partial charge on any atom is 0.0438 e. The topological polar surface area (TPSA) is 12.0 Å². The lowest BCUT2D eigenvalue weighted by Gasteiger charge is -2.20. The second-order valence-corrected chi connectivity index (χ2v) is 6.26. The van der Waals surface area contributed by atoms with Crippen LogP contribution in [0.5, 0.6) is 0 Å². The maximum atomic E-state index is 6.19. The lowest BCUT2D eigenvalue weighted by molar-refractivity contribution is 0.496. The molecule has 0 aliphatic heterocycles. The van der Waals surface area contributed by atoms with Crippen molar-refractivity contribution in [1.29, 1.82) is 0 Å². The normalized spacial score (nSPS) is 12.7. The van der Waals surface area contributed by atoms with Crippen LogP contribution in [0, 0.1) is 13.8 Å². The lowest BCUT2D eigenvalue weighted by Crippen LogP contribution is -2.17. The third-order valence-corrected chi connectivity index (χ3v) is 4.52. The quantitative estimate of drug-likeness (QED) is 0.554. The minimum Gasteiger partial charge on any atom is -0.313 e. The molecule has 20 heavy (non-hydrogen) atoms. The van der Waals surface area contributed by atoms with Crippen molar-refractivity contribution in [1.82, 2.24) is 5.32 Å². The largest absolute Gasteiger partial charge is 0.313 e. The predicted molar refractivity (Wildman–Crippen MR) is 90.7 cm³/mol. The zero-order valence-corrected chi connectivity index (χ0v) is 14.3. The fourth-order valence-electron chi connectivity index (χ4n) is 2.76. The molecule has 1 aromatic carbocycles. The van der Waals surface area contributed by atoms with Crippen LogP contribution in [0.3, 0.4) is 0 Å². The fourth-order valence-corrected chi connectivity index (χ4v) is 2.98. The van der Waals surface area contributed by atoms with Gasteiger partial charge in [-0.1, -0.05) is 63.1 Å². The summed E-state index contributed by atoms with van der Waals surface area (Å²) in [6.45, 7) is 6.51. The van der Waals surface area contributed by atoms with Gasteiger partial charge in [0.25, 0.3) is 0 Å². The first-order valence-corrected chi connectivity index (χ1v) is 8.41. The van der Waals surface area contributed by atoms with Gasteiger partial charge in [-0.25, -0.2) is 0 Å². The molecular weight excluding hydrogens is 266 g/mol.